The van der Waals surface area contributed by atoms with Gasteiger partial charge in [-0.05, 0) is 25.5 Å². The van der Waals surface area contributed by atoms with Crippen molar-refractivity contribution in [3.63, 3.8) is 0 Å². The van der Waals surface area contributed by atoms with E-state index in [-0.39, 0.29) is 25.5 Å². The predicted molar refractivity (Wildman–Crippen MR) is 70.1 cm³/mol. The average molecular weight is 263 g/mol. The Morgan fingerprint density at radius 1 is 1.47 bits per heavy atom. The number of amides is 1. The van der Waals surface area contributed by atoms with Crippen LogP contribution in [0.3, 0.4) is 0 Å². The van der Waals surface area contributed by atoms with E-state index in [4.69, 9.17) is 9.84 Å². The Bertz CT molecular complexity index is 514. The molecule has 1 fully saturated rings. The van der Waals surface area contributed by atoms with E-state index in [1.54, 1.807) is 11.8 Å². The van der Waals surface area contributed by atoms with E-state index in [1.807, 2.05) is 31.2 Å². The molecule has 0 saturated carbocycles. The number of aryl methyl sites for hydroxylation is 1. The van der Waals surface area contributed by atoms with Crippen LogP contribution in [-0.4, -0.2) is 35.7 Å². The first-order valence-corrected chi connectivity index (χ1v) is 6.13. The molecule has 1 unspecified atom stereocenters. The summed E-state index contributed by atoms with van der Waals surface area (Å²) in [5.41, 5.74) is 0.949. The fourth-order valence-corrected chi connectivity index (χ4v) is 2.29. The molecule has 1 aliphatic rings. The summed E-state index contributed by atoms with van der Waals surface area (Å²) in [6.07, 6.45) is -0.122. The molecule has 1 heterocycles. The summed E-state index contributed by atoms with van der Waals surface area (Å²) in [6.45, 7) is 3.81. The Morgan fingerprint density at radius 2 is 2.16 bits per heavy atom. The number of aliphatic carboxylic acids is 1. The van der Waals surface area contributed by atoms with Crippen molar-refractivity contribution < 1.29 is 19.4 Å². The molecule has 19 heavy (non-hydrogen) atoms. The van der Waals surface area contributed by atoms with Crippen molar-refractivity contribution in [3.8, 4) is 0 Å². The molecule has 0 radical (unpaired) electrons. The number of carboxylic acid groups (broad SMARTS) is 1. The number of carbonyl (C=O) groups excluding carboxylic acids is 1. The quantitative estimate of drug-likeness (QED) is 0.899. The van der Waals surface area contributed by atoms with Crippen molar-refractivity contribution in [3.05, 3.63) is 29.8 Å². The van der Waals surface area contributed by atoms with Gasteiger partial charge in [0.1, 0.15) is 6.61 Å². The monoisotopic (exact) mass is 263 g/mol. The van der Waals surface area contributed by atoms with Gasteiger partial charge in [-0.2, -0.15) is 0 Å². The second kappa shape index (κ2) is 5.01. The maximum Gasteiger partial charge on any atom is 0.306 e. The minimum Gasteiger partial charge on any atom is -0.481 e. The third-order valence-electron chi connectivity index (χ3n) is 3.27. The minimum atomic E-state index is -0.929. The van der Waals surface area contributed by atoms with Crippen molar-refractivity contribution >= 4 is 17.6 Å². The molecule has 0 bridgehead atoms. The van der Waals surface area contributed by atoms with Crippen molar-refractivity contribution in [2.45, 2.75) is 25.9 Å². The SMILES string of the molecule is Cc1ccccc1N1CC(C)(CC(=O)O)OCC1=O. The van der Waals surface area contributed by atoms with Crippen LogP contribution in [0.25, 0.3) is 0 Å². The lowest BCUT2D eigenvalue weighted by Gasteiger charge is -2.39. The molecule has 0 aromatic heterocycles. The van der Waals surface area contributed by atoms with Crippen LogP contribution in [0.1, 0.15) is 18.9 Å². The van der Waals surface area contributed by atoms with Crippen molar-refractivity contribution in [1.29, 1.82) is 0 Å². The number of morpholine rings is 1. The Labute approximate surface area is 111 Å². The van der Waals surface area contributed by atoms with Crippen LogP contribution in [0.15, 0.2) is 24.3 Å². The van der Waals surface area contributed by atoms with E-state index in [0.29, 0.717) is 0 Å². The molecule has 0 spiro atoms. The van der Waals surface area contributed by atoms with Gasteiger partial charge >= 0.3 is 5.97 Å². The highest BCUT2D eigenvalue weighted by Gasteiger charge is 2.38. The van der Waals surface area contributed by atoms with Gasteiger partial charge in [0.15, 0.2) is 0 Å². The molecule has 1 atom stereocenters. The second-order valence-electron chi connectivity index (χ2n) is 5.08. The van der Waals surface area contributed by atoms with Gasteiger partial charge in [-0.25, -0.2) is 0 Å². The zero-order chi connectivity index (χ0) is 14.0. The minimum absolute atomic E-state index is 0.0852. The van der Waals surface area contributed by atoms with E-state index < -0.39 is 11.6 Å². The molecule has 1 amide bonds. The molecule has 1 N–H and O–H groups in total. The lowest BCUT2D eigenvalue weighted by molar-refractivity contribution is -0.151. The van der Waals surface area contributed by atoms with Gasteiger partial charge in [-0.3, -0.25) is 9.59 Å². The molecule has 2 rings (SSSR count). The summed E-state index contributed by atoms with van der Waals surface area (Å²) < 4.78 is 5.41. The molecule has 1 aromatic rings. The molecule has 0 aliphatic carbocycles. The van der Waals surface area contributed by atoms with Gasteiger partial charge in [-0.1, -0.05) is 18.2 Å². The van der Waals surface area contributed by atoms with Crippen molar-refractivity contribution in [2.75, 3.05) is 18.1 Å². The van der Waals surface area contributed by atoms with Crippen molar-refractivity contribution in [1.82, 2.24) is 0 Å². The highest BCUT2D eigenvalue weighted by Crippen LogP contribution is 2.28. The van der Waals surface area contributed by atoms with Gasteiger partial charge in [0, 0.05) is 5.69 Å². The summed E-state index contributed by atoms with van der Waals surface area (Å²) in [7, 11) is 0. The topological polar surface area (TPSA) is 66.8 Å². The fraction of sp³-hybridized carbons (Fsp3) is 0.429. The molecule has 5 nitrogen and oxygen atoms in total. The molecule has 1 aliphatic heterocycles. The second-order valence-corrected chi connectivity index (χ2v) is 5.08. The Kier molecular flexibility index (Phi) is 3.57. The lowest BCUT2D eigenvalue weighted by atomic mass is 9.98. The van der Waals surface area contributed by atoms with E-state index in [9.17, 15) is 9.59 Å². The van der Waals surface area contributed by atoms with E-state index in [2.05, 4.69) is 0 Å². The summed E-state index contributed by atoms with van der Waals surface area (Å²) in [6, 6.07) is 7.55. The van der Waals surface area contributed by atoms with Gasteiger partial charge < -0.3 is 14.7 Å². The van der Waals surface area contributed by atoms with Crippen LogP contribution >= 0.6 is 0 Å². The van der Waals surface area contributed by atoms with Gasteiger partial charge in [0.2, 0.25) is 0 Å². The van der Waals surface area contributed by atoms with Crippen LogP contribution in [-0.2, 0) is 14.3 Å². The Balaban J connectivity index is 2.27. The Morgan fingerprint density at radius 3 is 2.79 bits per heavy atom. The third kappa shape index (κ3) is 2.93. The maximum absolute atomic E-state index is 12.0. The summed E-state index contributed by atoms with van der Waals surface area (Å²) in [4.78, 5) is 24.5. The zero-order valence-corrected chi connectivity index (χ0v) is 11.0. The highest BCUT2D eigenvalue weighted by atomic mass is 16.5. The number of hydrogen-bond acceptors (Lipinski definition) is 3. The van der Waals surface area contributed by atoms with Crippen LogP contribution in [0.5, 0.6) is 0 Å². The first kappa shape index (κ1) is 13.5. The smallest absolute Gasteiger partial charge is 0.306 e. The normalized spacial score (nSPS) is 23.5. The van der Waals surface area contributed by atoms with E-state index >= 15 is 0 Å². The summed E-state index contributed by atoms with van der Waals surface area (Å²) in [5.74, 6) is -1.07. The number of ether oxygens (including phenoxy) is 1. The van der Waals surface area contributed by atoms with Crippen LogP contribution < -0.4 is 4.90 Å². The summed E-state index contributed by atoms with van der Waals surface area (Å²) in [5, 5.41) is 8.92. The first-order valence-electron chi connectivity index (χ1n) is 6.13. The molecule has 5 heteroatoms. The van der Waals surface area contributed by atoms with E-state index in [1.165, 1.54) is 0 Å². The third-order valence-corrected chi connectivity index (χ3v) is 3.27. The Hall–Kier alpha value is -1.88. The molecular weight excluding hydrogens is 246 g/mol. The number of nitrogens with zero attached hydrogens (tertiary/aromatic N) is 1. The molecule has 1 aromatic carbocycles. The first-order chi connectivity index (χ1) is 8.91. The lowest BCUT2D eigenvalue weighted by Crippen LogP contribution is -2.54. The van der Waals surface area contributed by atoms with Crippen LogP contribution in [0.2, 0.25) is 0 Å². The molecule has 1 saturated heterocycles. The van der Waals surface area contributed by atoms with Gasteiger partial charge in [0.05, 0.1) is 18.6 Å². The number of carbonyl (C=O) groups is 2. The number of carboxylic acids is 1. The fourth-order valence-electron chi connectivity index (χ4n) is 2.29. The number of hydrogen-bond donors (Lipinski definition) is 1. The molecule has 102 valence electrons. The number of rotatable bonds is 3. The molecular formula is C14H17NO4. The van der Waals surface area contributed by atoms with E-state index in [0.717, 1.165) is 11.3 Å². The zero-order valence-electron chi connectivity index (χ0n) is 11.0. The largest absolute Gasteiger partial charge is 0.481 e. The van der Waals surface area contributed by atoms with Crippen LogP contribution in [0, 0.1) is 6.92 Å². The number of anilines is 1. The maximum atomic E-state index is 12.0. The van der Waals surface area contributed by atoms with Crippen LogP contribution in [0.4, 0.5) is 5.69 Å². The average Bonchev–Trinajstić information content (AvgIpc) is 2.32. The predicted octanol–water partition coefficient (Wildman–Crippen LogP) is 1.59. The number of benzene rings is 1. The highest BCUT2D eigenvalue weighted by molar-refractivity contribution is 5.96. The van der Waals surface area contributed by atoms with Gasteiger partial charge in [0.25, 0.3) is 5.91 Å². The standard InChI is InChI=1S/C14H17NO4/c1-10-5-3-4-6-11(10)15-9-14(2,7-13(17)18)19-8-12(15)16/h3-6H,7-9H2,1-2H3,(H,17,18). The van der Waals surface area contributed by atoms with Gasteiger partial charge in [-0.15, -0.1) is 0 Å². The van der Waals surface area contributed by atoms with Crippen molar-refractivity contribution in [2.24, 2.45) is 0 Å². The summed E-state index contributed by atoms with van der Waals surface area (Å²) >= 11 is 0. The number of para-hydroxylation sites is 1.